The summed E-state index contributed by atoms with van der Waals surface area (Å²) in [7, 11) is 0. The number of fused-ring (bicyclic) bond motifs is 1. The zero-order valence-corrected chi connectivity index (χ0v) is 10.9. The molecule has 0 spiro atoms. The van der Waals surface area contributed by atoms with Crippen molar-refractivity contribution < 1.29 is 0 Å². The van der Waals surface area contributed by atoms with Crippen LogP contribution in [0.1, 0.15) is 32.4 Å². The topological polar surface area (TPSA) is 33.4 Å². The van der Waals surface area contributed by atoms with Gasteiger partial charge in [0.2, 0.25) is 10.1 Å². The van der Waals surface area contributed by atoms with Crippen molar-refractivity contribution in [3.63, 3.8) is 0 Å². The number of aromatic nitrogens is 3. The van der Waals surface area contributed by atoms with Crippen LogP contribution in [-0.4, -0.2) is 27.7 Å². The van der Waals surface area contributed by atoms with Crippen molar-refractivity contribution in [2.24, 2.45) is 0 Å². The summed E-state index contributed by atoms with van der Waals surface area (Å²) in [4.78, 5) is 7.73. The van der Waals surface area contributed by atoms with Crippen LogP contribution in [0.3, 0.4) is 0 Å². The minimum Gasteiger partial charge on any atom is -0.347 e. The first-order valence-corrected chi connectivity index (χ1v) is 6.64. The number of hydrogen-bond donors (Lipinski definition) is 0. The summed E-state index contributed by atoms with van der Waals surface area (Å²) in [5.41, 5.74) is 1.03. The van der Waals surface area contributed by atoms with E-state index in [9.17, 15) is 0 Å². The molecule has 5 heteroatoms. The third-order valence-corrected chi connectivity index (χ3v) is 3.57. The van der Waals surface area contributed by atoms with Crippen molar-refractivity contribution in [2.75, 3.05) is 18.0 Å². The molecule has 0 radical (unpaired) electrons. The van der Waals surface area contributed by atoms with Gasteiger partial charge < -0.3 is 4.90 Å². The Labute approximate surface area is 99.9 Å². The van der Waals surface area contributed by atoms with E-state index in [4.69, 9.17) is 0 Å². The van der Waals surface area contributed by atoms with Crippen molar-refractivity contribution in [1.82, 2.24) is 14.6 Å². The molecule has 0 aromatic carbocycles. The van der Waals surface area contributed by atoms with Gasteiger partial charge in [0.1, 0.15) is 0 Å². The van der Waals surface area contributed by atoms with Gasteiger partial charge in [0, 0.05) is 13.1 Å². The van der Waals surface area contributed by atoms with E-state index in [-0.39, 0.29) is 0 Å². The molecule has 0 unspecified atom stereocenters. The number of imidazole rings is 1. The first kappa shape index (κ1) is 11.4. The van der Waals surface area contributed by atoms with Crippen LogP contribution in [0.25, 0.3) is 4.96 Å². The van der Waals surface area contributed by atoms with Crippen LogP contribution in [-0.2, 0) is 0 Å². The molecule has 88 valence electrons. The Hall–Kier alpha value is -1.10. The third-order valence-electron chi connectivity index (χ3n) is 2.59. The van der Waals surface area contributed by atoms with E-state index in [0.717, 1.165) is 28.9 Å². The molecule has 0 saturated carbocycles. The van der Waals surface area contributed by atoms with Crippen LogP contribution in [0.2, 0.25) is 0 Å². The number of anilines is 1. The van der Waals surface area contributed by atoms with E-state index in [1.165, 1.54) is 12.8 Å². The van der Waals surface area contributed by atoms with Crippen LogP contribution in [0.5, 0.6) is 0 Å². The number of hydrogen-bond acceptors (Lipinski definition) is 4. The number of nitrogens with zero attached hydrogens (tertiary/aromatic N) is 4. The predicted octanol–water partition coefficient (Wildman–Crippen LogP) is 2.73. The summed E-state index contributed by atoms with van der Waals surface area (Å²) in [6.07, 6.45) is 4.41. The molecule has 0 atom stereocenters. The molecule has 0 aliphatic rings. The SMILES string of the molecule is CCCCN(CC)c1nn2cc(C)nc2s1. The minimum atomic E-state index is 0.988. The highest BCUT2D eigenvalue weighted by Gasteiger charge is 2.11. The maximum atomic E-state index is 4.56. The lowest BCUT2D eigenvalue weighted by Gasteiger charge is -2.18. The van der Waals surface area contributed by atoms with Gasteiger partial charge in [-0.05, 0) is 20.3 Å². The second kappa shape index (κ2) is 4.82. The Balaban J connectivity index is 2.20. The summed E-state index contributed by atoms with van der Waals surface area (Å²) in [5, 5.41) is 5.64. The van der Waals surface area contributed by atoms with Gasteiger partial charge in [-0.1, -0.05) is 24.7 Å². The number of unbranched alkanes of at least 4 members (excludes halogenated alkanes) is 1. The lowest BCUT2D eigenvalue weighted by atomic mass is 10.3. The zero-order chi connectivity index (χ0) is 11.5. The first-order chi connectivity index (χ1) is 7.74. The van der Waals surface area contributed by atoms with Crippen molar-refractivity contribution in [3.8, 4) is 0 Å². The lowest BCUT2D eigenvalue weighted by molar-refractivity contribution is 0.723. The highest BCUT2D eigenvalue weighted by Crippen LogP contribution is 2.23. The van der Waals surface area contributed by atoms with Crippen molar-refractivity contribution in [2.45, 2.75) is 33.6 Å². The van der Waals surface area contributed by atoms with E-state index in [0.29, 0.717) is 0 Å². The quantitative estimate of drug-likeness (QED) is 0.803. The average Bonchev–Trinajstić information content (AvgIpc) is 2.76. The molecule has 4 nitrogen and oxygen atoms in total. The van der Waals surface area contributed by atoms with E-state index in [1.54, 1.807) is 11.3 Å². The van der Waals surface area contributed by atoms with Crippen LogP contribution in [0.15, 0.2) is 6.20 Å². The molecule has 0 saturated heterocycles. The fourth-order valence-electron chi connectivity index (χ4n) is 1.66. The van der Waals surface area contributed by atoms with E-state index in [2.05, 4.69) is 28.8 Å². The predicted molar refractivity (Wildman–Crippen MR) is 68.4 cm³/mol. The average molecular weight is 238 g/mol. The second-order valence-corrected chi connectivity index (χ2v) is 4.86. The molecule has 0 N–H and O–H groups in total. The second-order valence-electron chi connectivity index (χ2n) is 3.93. The van der Waals surface area contributed by atoms with Gasteiger partial charge in [-0.15, -0.1) is 5.10 Å². The monoisotopic (exact) mass is 238 g/mol. The smallest absolute Gasteiger partial charge is 0.214 e. The maximum absolute atomic E-state index is 4.56. The van der Waals surface area contributed by atoms with Crippen LogP contribution >= 0.6 is 11.3 Å². The Kier molecular flexibility index (Phi) is 3.43. The van der Waals surface area contributed by atoms with E-state index in [1.807, 2.05) is 17.6 Å². The van der Waals surface area contributed by atoms with E-state index >= 15 is 0 Å². The molecule has 2 rings (SSSR count). The van der Waals surface area contributed by atoms with Crippen molar-refractivity contribution in [3.05, 3.63) is 11.9 Å². The standard InChI is InChI=1S/C11H18N4S/c1-4-6-7-14(5-2)11-13-15-8-9(3)12-10(15)16-11/h8H,4-7H2,1-3H3. The molecule has 2 aromatic rings. The Morgan fingerprint density at radius 1 is 1.44 bits per heavy atom. The van der Waals surface area contributed by atoms with Gasteiger partial charge in [0.25, 0.3) is 0 Å². The minimum absolute atomic E-state index is 0.988. The molecule has 2 heterocycles. The lowest BCUT2D eigenvalue weighted by Crippen LogP contribution is -2.23. The summed E-state index contributed by atoms with van der Waals surface area (Å²) < 4.78 is 1.88. The number of aryl methyl sites for hydroxylation is 1. The van der Waals surface area contributed by atoms with Gasteiger partial charge in [0.15, 0.2) is 0 Å². The van der Waals surface area contributed by atoms with Crippen molar-refractivity contribution >= 4 is 21.4 Å². The molecular formula is C11H18N4S. The van der Waals surface area contributed by atoms with Crippen LogP contribution in [0, 0.1) is 6.92 Å². The molecule has 0 fully saturated rings. The highest BCUT2D eigenvalue weighted by molar-refractivity contribution is 7.20. The molecule has 16 heavy (non-hydrogen) atoms. The summed E-state index contributed by atoms with van der Waals surface area (Å²) in [6, 6.07) is 0. The Bertz CT molecular complexity index is 428. The molecule has 0 aliphatic heterocycles. The van der Waals surface area contributed by atoms with Crippen LogP contribution < -0.4 is 4.90 Å². The summed E-state index contributed by atoms with van der Waals surface area (Å²) >= 11 is 1.67. The van der Waals surface area contributed by atoms with Crippen LogP contribution in [0.4, 0.5) is 5.13 Å². The summed E-state index contributed by atoms with van der Waals surface area (Å²) in [5.74, 6) is 0. The highest BCUT2D eigenvalue weighted by atomic mass is 32.1. The largest absolute Gasteiger partial charge is 0.347 e. The number of rotatable bonds is 5. The van der Waals surface area contributed by atoms with Crippen molar-refractivity contribution in [1.29, 1.82) is 0 Å². The van der Waals surface area contributed by atoms with Gasteiger partial charge >= 0.3 is 0 Å². The molecule has 0 bridgehead atoms. The Morgan fingerprint density at radius 3 is 2.88 bits per heavy atom. The third kappa shape index (κ3) is 2.19. The van der Waals surface area contributed by atoms with Gasteiger partial charge in [-0.25, -0.2) is 9.50 Å². The van der Waals surface area contributed by atoms with Gasteiger partial charge in [0.05, 0.1) is 11.9 Å². The normalized spacial score (nSPS) is 11.2. The zero-order valence-electron chi connectivity index (χ0n) is 10.1. The Morgan fingerprint density at radius 2 is 2.25 bits per heavy atom. The van der Waals surface area contributed by atoms with E-state index < -0.39 is 0 Å². The summed E-state index contributed by atoms with van der Waals surface area (Å²) in [6.45, 7) is 8.48. The van der Waals surface area contributed by atoms with Gasteiger partial charge in [-0.2, -0.15) is 0 Å². The first-order valence-electron chi connectivity index (χ1n) is 5.82. The fraction of sp³-hybridized carbons (Fsp3) is 0.636. The molecule has 0 amide bonds. The van der Waals surface area contributed by atoms with Gasteiger partial charge in [-0.3, -0.25) is 0 Å². The molecule has 0 aliphatic carbocycles. The maximum Gasteiger partial charge on any atom is 0.214 e. The molecular weight excluding hydrogens is 220 g/mol. The molecule has 2 aromatic heterocycles. The fourth-order valence-corrected chi connectivity index (χ4v) is 2.68.